The zero-order valence-corrected chi connectivity index (χ0v) is 20.7. The van der Waals surface area contributed by atoms with E-state index in [0.717, 1.165) is 5.39 Å². The fourth-order valence-electron chi connectivity index (χ4n) is 3.24. The van der Waals surface area contributed by atoms with Gasteiger partial charge < -0.3 is 9.73 Å². The maximum Gasteiger partial charge on any atom is 0.345 e. The fraction of sp³-hybridized carbons (Fsp3) is 0. The molecular weight excluding hydrogens is 518 g/mol. The molecule has 0 atom stereocenters. The zero-order valence-electron chi connectivity index (χ0n) is 18.2. The van der Waals surface area contributed by atoms with E-state index in [0.29, 0.717) is 27.5 Å². The molecule has 0 bridgehead atoms. The summed E-state index contributed by atoms with van der Waals surface area (Å²) in [5, 5.41) is 17.5. The fourth-order valence-corrected chi connectivity index (χ4v) is 5.81. The number of nitriles is 1. The van der Waals surface area contributed by atoms with Crippen molar-refractivity contribution >= 4 is 60.1 Å². The minimum Gasteiger partial charge on any atom is -0.422 e. The molecule has 5 rings (SSSR count). The Bertz CT molecular complexity index is 1780. The normalized spacial score (nSPS) is 11.8. The van der Waals surface area contributed by atoms with Crippen molar-refractivity contribution in [2.24, 2.45) is 0 Å². The van der Waals surface area contributed by atoms with E-state index < -0.39 is 15.6 Å². The predicted molar refractivity (Wildman–Crippen MR) is 140 cm³/mol. The van der Waals surface area contributed by atoms with Crippen LogP contribution in [-0.2, 0) is 10.0 Å². The van der Waals surface area contributed by atoms with Gasteiger partial charge in [0.05, 0.1) is 16.2 Å². The third-order valence-corrected chi connectivity index (χ3v) is 8.02. The molecule has 0 amide bonds. The SMILES string of the molecule is N#C/C(=C/Nc1ccc(S(=O)(=O)Nc2nccs2)cc1)c1nc(-c2cc3ccccc3oc2=O)cs1. The number of benzene rings is 2. The third-order valence-electron chi connectivity index (χ3n) is 4.97. The first-order valence-corrected chi connectivity index (χ1v) is 13.6. The van der Waals surface area contributed by atoms with Gasteiger partial charge >= 0.3 is 5.63 Å². The number of nitrogens with one attached hydrogen (secondary N) is 2. The van der Waals surface area contributed by atoms with Gasteiger partial charge in [-0.05, 0) is 36.4 Å². The number of sulfonamides is 1. The molecule has 0 saturated carbocycles. The maximum absolute atomic E-state index is 12.5. The molecule has 36 heavy (non-hydrogen) atoms. The van der Waals surface area contributed by atoms with E-state index in [9.17, 15) is 18.5 Å². The lowest BCUT2D eigenvalue weighted by Crippen LogP contribution is -2.12. The van der Waals surface area contributed by atoms with E-state index in [4.69, 9.17) is 4.42 Å². The largest absolute Gasteiger partial charge is 0.422 e. The molecule has 0 spiro atoms. The zero-order chi connectivity index (χ0) is 25.1. The summed E-state index contributed by atoms with van der Waals surface area (Å²) in [6, 6.07) is 17.0. The van der Waals surface area contributed by atoms with E-state index in [-0.39, 0.29) is 15.6 Å². The maximum atomic E-state index is 12.5. The molecular formula is C24H15N5O4S3. The molecule has 0 unspecified atom stereocenters. The predicted octanol–water partition coefficient (Wildman–Crippen LogP) is 5.15. The number of hydrogen-bond acceptors (Lipinski definition) is 10. The standard InChI is InChI=1S/C24H15N5O4S3/c25-12-16(13-27-17-5-7-18(8-6-17)36(31,32)29-24-26-9-10-34-24)22-28-20(14-35-22)19-11-15-3-1-2-4-21(15)33-23(19)30/h1-11,13-14,27H,(H,26,29)/b16-13-. The summed E-state index contributed by atoms with van der Waals surface area (Å²) >= 11 is 2.40. The Kier molecular flexibility index (Phi) is 6.34. The van der Waals surface area contributed by atoms with E-state index in [2.05, 4.69) is 26.1 Å². The molecule has 12 heteroatoms. The summed E-state index contributed by atoms with van der Waals surface area (Å²) in [5.41, 5.74) is 1.52. The summed E-state index contributed by atoms with van der Waals surface area (Å²) in [5.74, 6) is 0. The van der Waals surface area contributed by atoms with Crippen LogP contribution in [-0.4, -0.2) is 18.4 Å². The average molecular weight is 534 g/mol. The van der Waals surface area contributed by atoms with Crippen LogP contribution in [0, 0.1) is 11.3 Å². The highest BCUT2D eigenvalue weighted by Crippen LogP contribution is 2.27. The summed E-state index contributed by atoms with van der Waals surface area (Å²) in [6.45, 7) is 0. The van der Waals surface area contributed by atoms with Crippen LogP contribution in [0.2, 0.25) is 0 Å². The van der Waals surface area contributed by atoms with Crippen LogP contribution in [0.3, 0.4) is 0 Å². The average Bonchev–Trinajstić information content (AvgIpc) is 3.57. The minimum absolute atomic E-state index is 0.0755. The molecule has 9 nitrogen and oxygen atoms in total. The smallest absolute Gasteiger partial charge is 0.345 e. The van der Waals surface area contributed by atoms with Crippen molar-refractivity contribution in [3.05, 3.63) is 93.2 Å². The number of nitrogens with zero attached hydrogens (tertiary/aromatic N) is 3. The van der Waals surface area contributed by atoms with Crippen LogP contribution in [0.4, 0.5) is 10.8 Å². The van der Waals surface area contributed by atoms with Crippen molar-refractivity contribution in [1.82, 2.24) is 9.97 Å². The molecule has 3 heterocycles. The lowest BCUT2D eigenvalue weighted by molar-refractivity contribution is 0.563. The first-order valence-electron chi connectivity index (χ1n) is 10.3. The highest BCUT2D eigenvalue weighted by molar-refractivity contribution is 7.93. The first kappa shape index (κ1) is 23.4. The van der Waals surface area contributed by atoms with Crippen LogP contribution in [0.25, 0.3) is 27.8 Å². The van der Waals surface area contributed by atoms with Gasteiger partial charge in [-0.2, -0.15) is 5.26 Å². The third kappa shape index (κ3) is 4.89. The van der Waals surface area contributed by atoms with Gasteiger partial charge in [0, 0.05) is 34.2 Å². The number of para-hydroxylation sites is 1. The molecule has 2 N–H and O–H groups in total. The van der Waals surface area contributed by atoms with Crippen molar-refractivity contribution in [1.29, 1.82) is 5.26 Å². The van der Waals surface area contributed by atoms with E-state index >= 15 is 0 Å². The highest BCUT2D eigenvalue weighted by Gasteiger charge is 2.16. The van der Waals surface area contributed by atoms with Crippen molar-refractivity contribution in [2.45, 2.75) is 4.90 Å². The molecule has 178 valence electrons. The lowest BCUT2D eigenvalue weighted by atomic mass is 10.1. The Morgan fingerprint density at radius 3 is 2.67 bits per heavy atom. The number of thiazole rings is 2. The quantitative estimate of drug-likeness (QED) is 0.216. The molecule has 0 aliphatic heterocycles. The van der Waals surface area contributed by atoms with Crippen molar-refractivity contribution < 1.29 is 12.8 Å². The first-order chi connectivity index (χ1) is 17.4. The number of anilines is 2. The topological polar surface area (TPSA) is 138 Å². The van der Waals surface area contributed by atoms with Crippen LogP contribution < -0.4 is 15.7 Å². The van der Waals surface area contributed by atoms with Crippen LogP contribution in [0.15, 0.2) is 91.9 Å². The molecule has 0 fully saturated rings. The number of hydrogen-bond donors (Lipinski definition) is 2. The van der Waals surface area contributed by atoms with Crippen LogP contribution in [0.1, 0.15) is 5.01 Å². The van der Waals surface area contributed by atoms with Gasteiger partial charge in [-0.1, -0.05) is 18.2 Å². The van der Waals surface area contributed by atoms with Crippen molar-refractivity contribution in [2.75, 3.05) is 10.0 Å². The Balaban J connectivity index is 1.34. The number of aromatic nitrogens is 2. The molecule has 3 aromatic heterocycles. The van der Waals surface area contributed by atoms with E-state index in [1.54, 1.807) is 41.1 Å². The second-order valence-corrected chi connectivity index (χ2v) is 10.7. The minimum atomic E-state index is -3.76. The second-order valence-electron chi connectivity index (χ2n) is 7.30. The van der Waals surface area contributed by atoms with Gasteiger partial charge in [-0.3, -0.25) is 4.72 Å². The van der Waals surface area contributed by atoms with Gasteiger partial charge in [0.2, 0.25) is 0 Å². The highest BCUT2D eigenvalue weighted by atomic mass is 32.2. The monoisotopic (exact) mass is 533 g/mol. The Morgan fingerprint density at radius 2 is 1.92 bits per heavy atom. The lowest BCUT2D eigenvalue weighted by Gasteiger charge is -2.06. The molecule has 0 aliphatic rings. The van der Waals surface area contributed by atoms with Gasteiger partial charge in [0.25, 0.3) is 10.0 Å². The summed E-state index contributed by atoms with van der Waals surface area (Å²) < 4.78 is 32.7. The van der Waals surface area contributed by atoms with Gasteiger partial charge in [-0.15, -0.1) is 22.7 Å². The van der Waals surface area contributed by atoms with Gasteiger partial charge in [-0.25, -0.2) is 23.2 Å². The van der Waals surface area contributed by atoms with Crippen LogP contribution >= 0.6 is 22.7 Å². The molecule has 0 radical (unpaired) electrons. The number of allylic oxidation sites excluding steroid dienone is 1. The number of rotatable bonds is 7. The van der Waals surface area contributed by atoms with Gasteiger partial charge in [0.15, 0.2) is 5.13 Å². The van der Waals surface area contributed by atoms with Crippen molar-refractivity contribution in [3.63, 3.8) is 0 Å². The molecule has 2 aromatic carbocycles. The number of fused-ring (bicyclic) bond motifs is 1. The van der Waals surface area contributed by atoms with E-state index in [1.807, 2.05) is 12.1 Å². The summed E-state index contributed by atoms with van der Waals surface area (Å²) in [4.78, 5) is 20.9. The van der Waals surface area contributed by atoms with Crippen molar-refractivity contribution in [3.8, 4) is 17.3 Å². The van der Waals surface area contributed by atoms with Gasteiger partial charge in [0.1, 0.15) is 22.2 Å². The summed E-state index contributed by atoms with van der Waals surface area (Å²) in [6.07, 6.45) is 2.99. The Hall–Kier alpha value is -4.31. The second kappa shape index (κ2) is 9.74. The molecule has 5 aromatic rings. The molecule has 0 aliphatic carbocycles. The molecule has 0 saturated heterocycles. The Morgan fingerprint density at radius 1 is 1.11 bits per heavy atom. The summed E-state index contributed by atoms with van der Waals surface area (Å²) in [7, 11) is -3.76. The Labute approximate surface area is 213 Å². The van der Waals surface area contributed by atoms with E-state index in [1.165, 1.54) is 47.2 Å². The van der Waals surface area contributed by atoms with Crippen LogP contribution in [0.5, 0.6) is 0 Å².